The fourth-order valence-electron chi connectivity index (χ4n) is 3.51. The van der Waals surface area contributed by atoms with Crippen LogP contribution in [0.15, 0.2) is 30.3 Å². The molecule has 1 aliphatic carbocycles. The zero-order chi connectivity index (χ0) is 16.5. The largest absolute Gasteiger partial charge is 0.375 e. The standard InChI is InChI=1S/C19H31N3O.2ClH/c1-22(17-9-4-2-5-10-17)14-8-13-21-18(23)15-19(16-20)11-6-3-7-12-19;;/h2,4-5,9-10H,3,6-8,11-16,20H2,1H3,(H,21,23);2*1H. The number of nitrogens with zero attached hydrogens (tertiary/aromatic N) is 1. The maximum Gasteiger partial charge on any atom is 0.220 e. The Hall–Kier alpha value is -0.970. The Balaban J connectivity index is 0.00000288. The van der Waals surface area contributed by atoms with Crippen molar-refractivity contribution >= 4 is 36.4 Å². The number of rotatable bonds is 8. The van der Waals surface area contributed by atoms with Crippen LogP contribution in [0.1, 0.15) is 44.9 Å². The van der Waals surface area contributed by atoms with Crippen LogP contribution in [-0.4, -0.2) is 32.6 Å². The zero-order valence-electron chi connectivity index (χ0n) is 15.2. The van der Waals surface area contributed by atoms with Gasteiger partial charge in [-0.15, -0.1) is 24.8 Å². The van der Waals surface area contributed by atoms with Crippen LogP contribution in [-0.2, 0) is 4.79 Å². The number of hydrogen-bond donors (Lipinski definition) is 2. The fraction of sp³-hybridized carbons (Fsp3) is 0.632. The van der Waals surface area contributed by atoms with Gasteiger partial charge in [0.15, 0.2) is 0 Å². The lowest BCUT2D eigenvalue weighted by Crippen LogP contribution is -2.39. The summed E-state index contributed by atoms with van der Waals surface area (Å²) in [5.41, 5.74) is 7.23. The first-order valence-electron chi connectivity index (χ1n) is 8.88. The van der Waals surface area contributed by atoms with Crippen LogP contribution < -0.4 is 16.0 Å². The lowest BCUT2D eigenvalue weighted by molar-refractivity contribution is -0.123. The molecule has 0 atom stereocenters. The highest BCUT2D eigenvalue weighted by Crippen LogP contribution is 2.38. The van der Waals surface area contributed by atoms with Crippen LogP contribution in [0.3, 0.4) is 0 Å². The maximum atomic E-state index is 12.2. The van der Waals surface area contributed by atoms with Gasteiger partial charge in [0.2, 0.25) is 5.91 Å². The Morgan fingerprint density at radius 2 is 1.80 bits per heavy atom. The van der Waals surface area contributed by atoms with Gasteiger partial charge < -0.3 is 16.0 Å². The number of amides is 1. The van der Waals surface area contributed by atoms with Gasteiger partial charge in [-0.2, -0.15) is 0 Å². The van der Waals surface area contributed by atoms with Crippen molar-refractivity contribution in [3.8, 4) is 0 Å². The zero-order valence-corrected chi connectivity index (χ0v) is 16.8. The molecule has 4 nitrogen and oxygen atoms in total. The molecule has 0 radical (unpaired) electrons. The molecule has 144 valence electrons. The molecule has 1 saturated carbocycles. The van der Waals surface area contributed by atoms with Gasteiger partial charge in [0, 0.05) is 32.2 Å². The number of hydrogen-bond acceptors (Lipinski definition) is 3. The smallest absolute Gasteiger partial charge is 0.220 e. The molecule has 3 N–H and O–H groups in total. The maximum absolute atomic E-state index is 12.2. The average molecular weight is 390 g/mol. The summed E-state index contributed by atoms with van der Waals surface area (Å²) in [5, 5.41) is 3.07. The van der Waals surface area contributed by atoms with E-state index in [0.29, 0.717) is 13.0 Å². The van der Waals surface area contributed by atoms with E-state index in [1.54, 1.807) is 0 Å². The third-order valence-corrected chi connectivity index (χ3v) is 5.07. The van der Waals surface area contributed by atoms with Crippen molar-refractivity contribution in [2.24, 2.45) is 11.1 Å². The molecule has 0 saturated heterocycles. The van der Waals surface area contributed by atoms with Crippen LogP contribution in [0, 0.1) is 5.41 Å². The Kier molecular flexibility index (Phi) is 11.9. The van der Waals surface area contributed by atoms with Crippen molar-refractivity contribution in [3.05, 3.63) is 30.3 Å². The van der Waals surface area contributed by atoms with Gasteiger partial charge in [-0.1, -0.05) is 37.5 Å². The number of para-hydroxylation sites is 1. The molecule has 6 heteroatoms. The first kappa shape index (κ1) is 24.0. The normalized spacial score (nSPS) is 15.4. The summed E-state index contributed by atoms with van der Waals surface area (Å²) >= 11 is 0. The van der Waals surface area contributed by atoms with E-state index in [1.165, 1.54) is 24.9 Å². The van der Waals surface area contributed by atoms with Gasteiger partial charge in [0.1, 0.15) is 0 Å². The predicted molar refractivity (Wildman–Crippen MR) is 111 cm³/mol. The highest BCUT2D eigenvalue weighted by molar-refractivity contribution is 5.85. The minimum absolute atomic E-state index is 0. The van der Waals surface area contributed by atoms with Gasteiger partial charge in [-0.3, -0.25) is 4.79 Å². The molecule has 1 fully saturated rings. The van der Waals surface area contributed by atoms with Crippen LogP contribution in [0.2, 0.25) is 0 Å². The monoisotopic (exact) mass is 389 g/mol. The average Bonchev–Trinajstić information content (AvgIpc) is 2.60. The topological polar surface area (TPSA) is 58.4 Å². The summed E-state index contributed by atoms with van der Waals surface area (Å²) in [6.45, 7) is 2.31. The summed E-state index contributed by atoms with van der Waals surface area (Å²) < 4.78 is 0. The van der Waals surface area contributed by atoms with E-state index < -0.39 is 0 Å². The van der Waals surface area contributed by atoms with E-state index >= 15 is 0 Å². The van der Waals surface area contributed by atoms with Crippen LogP contribution in [0.5, 0.6) is 0 Å². The molecular weight excluding hydrogens is 357 g/mol. The Labute approximate surface area is 164 Å². The molecule has 0 bridgehead atoms. The number of nitrogens with two attached hydrogens (primary N) is 1. The quantitative estimate of drug-likeness (QED) is 0.665. The highest BCUT2D eigenvalue weighted by atomic mass is 35.5. The molecule has 1 aromatic rings. The van der Waals surface area contributed by atoms with Gasteiger partial charge in [0.25, 0.3) is 0 Å². The van der Waals surface area contributed by atoms with E-state index in [1.807, 2.05) is 18.2 Å². The lowest BCUT2D eigenvalue weighted by Gasteiger charge is -2.35. The summed E-state index contributed by atoms with van der Waals surface area (Å²) in [6, 6.07) is 10.3. The Bertz CT molecular complexity index is 479. The molecule has 0 spiro atoms. The van der Waals surface area contributed by atoms with E-state index in [0.717, 1.165) is 32.4 Å². The van der Waals surface area contributed by atoms with Crippen molar-refractivity contribution in [1.29, 1.82) is 0 Å². The third kappa shape index (κ3) is 7.85. The van der Waals surface area contributed by atoms with Gasteiger partial charge >= 0.3 is 0 Å². The van der Waals surface area contributed by atoms with E-state index in [4.69, 9.17) is 5.73 Å². The van der Waals surface area contributed by atoms with E-state index in [2.05, 4.69) is 29.4 Å². The summed E-state index contributed by atoms with van der Waals surface area (Å²) in [6.07, 6.45) is 7.47. The molecule has 2 rings (SSSR count). The molecule has 25 heavy (non-hydrogen) atoms. The molecule has 1 aromatic carbocycles. The number of halogens is 2. The van der Waals surface area contributed by atoms with Crippen LogP contribution in [0.4, 0.5) is 5.69 Å². The molecule has 1 amide bonds. The number of nitrogens with one attached hydrogen (secondary N) is 1. The van der Waals surface area contributed by atoms with Crippen molar-refractivity contribution in [2.75, 3.05) is 31.6 Å². The summed E-state index contributed by atoms with van der Waals surface area (Å²) in [7, 11) is 2.09. The van der Waals surface area contributed by atoms with E-state index in [-0.39, 0.29) is 36.1 Å². The second-order valence-electron chi connectivity index (χ2n) is 6.90. The third-order valence-electron chi connectivity index (χ3n) is 5.07. The van der Waals surface area contributed by atoms with Gasteiger partial charge in [-0.05, 0) is 43.4 Å². The predicted octanol–water partition coefficient (Wildman–Crippen LogP) is 3.77. The molecule has 0 unspecified atom stereocenters. The van der Waals surface area contributed by atoms with Gasteiger partial charge in [0.05, 0.1) is 0 Å². The molecule has 0 heterocycles. The number of carbonyl (C=O) groups excluding carboxylic acids is 1. The van der Waals surface area contributed by atoms with E-state index in [9.17, 15) is 4.79 Å². The first-order chi connectivity index (χ1) is 11.2. The SMILES string of the molecule is CN(CCCNC(=O)CC1(CN)CCCCC1)c1ccccc1.Cl.Cl. The lowest BCUT2D eigenvalue weighted by atomic mass is 9.71. The Morgan fingerprint density at radius 3 is 2.40 bits per heavy atom. The van der Waals surface area contributed by atoms with Crippen molar-refractivity contribution in [1.82, 2.24) is 5.32 Å². The van der Waals surface area contributed by atoms with Crippen molar-refractivity contribution < 1.29 is 4.79 Å². The van der Waals surface area contributed by atoms with Gasteiger partial charge in [-0.25, -0.2) is 0 Å². The minimum atomic E-state index is 0. The highest BCUT2D eigenvalue weighted by Gasteiger charge is 2.32. The molecule has 0 aliphatic heterocycles. The second-order valence-corrected chi connectivity index (χ2v) is 6.90. The number of carbonyl (C=O) groups is 1. The Morgan fingerprint density at radius 1 is 1.16 bits per heavy atom. The van der Waals surface area contributed by atoms with Crippen molar-refractivity contribution in [2.45, 2.75) is 44.9 Å². The van der Waals surface area contributed by atoms with Crippen molar-refractivity contribution in [3.63, 3.8) is 0 Å². The fourth-order valence-corrected chi connectivity index (χ4v) is 3.51. The molecule has 0 aromatic heterocycles. The molecular formula is C19H33Cl2N3O. The minimum Gasteiger partial charge on any atom is -0.375 e. The number of anilines is 1. The first-order valence-corrected chi connectivity index (χ1v) is 8.88. The summed E-state index contributed by atoms with van der Waals surface area (Å²) in [5.74, 6) is 0.166. The second kappa shape index (κ2) is 12.4. The summed E-state index contributed by atoms with van der Waals surface area (Å²) in [4.78, 5) is 14.4. The van der Waals surface area contributed by atoms with Crippen LogP contribution in [0.25, 0.3) is 0 Å². The number of benzene rings is 1. The van der Waals surface area contributed by atoms with Crippen LogP contribution >= 0.6 is 24.8 Å². The molecule has 1 aliphatic rings.